The Morgan fingerprint density at radius 3 is 2.39 bits per heavy atom. The Morgan fingerprint density at radius 2 is 1.83 bits per heavy atom. The second kappa shape index (κ2) is 5.41. The lowest BCUT2D eigenvalue weighted by Gasteiger charge is -2.34. The number of β-amino-alcohol motifs (C(OH)–C–C–N with tert-alkyl or cyclic N) is 1. The lowest BCUT2D eigenvalue weighted by Crippen LogP contribution is -2.42. The molecule has 1 N–H and O–H groups in total. The van der Waals surface area contributed by atoms with Gasteiger partial charge in [0.05, 0.1) is 6.10 Å². The number of benzene rings is 1. The molecule has 1 aromatic carbocycles. The zero-order valence-electron chi connectivity index (χ0n) is 12.0. The number of aliphatic hydroxyl groups excluding tert-OH is 1. The lowest BCUT2D eigenvalue weighted by molar-refractivity contribution is 0.0258. The summed E-state index contributed by atoms with van der Waals surface area (Å²) in [6, 6.07) is 4.51. The van der Waals surface area contributed by atoms with E-state index in [2.05, 4.69) is 44.7 Å². The Bertz CT molecular complexity index is 404. The van der Waals surface area contributed by atoms with Crippen LogP contribution in [0, 0.1) is 26.7 Å². The molecule has 2 heteroatoms. The molecule has 2 atom stereocenters. The topological polar surface area (TPSA) is 23.5 Å². The van der Waals surface area contributed by atoms with E-state index in [9.17, 15) is 5.11 Å². The second-order valence-electron chi connectivity index (χ2n) is 5.95. The molecule has 2 rings (SSSR count). The SMILES string of the molecule is Cc1cc(C)c(CN2CCC(C)C(O)C2)c(C)c1. The minimum atomic E-state index is -0.162. The van der Waals surface area contributed by atoms with Gasteiger partial charge < -0.3 is 5.11 Å². The van der Waals surface area contributed by atoms with Crippen LogP contribution in [-0.4, -0.2) is 29.2 Å². The van der Waals surface area contributed by atoms with E-state index in [0.29, 0.717) is 5.92 Å². The Hall–Kier alpha value is -0.860. The molecular formula is C16H25NO. The van der Waals surface area contributed by atoms with E-state index in [0.717, 1.165) is 26.1 Å². The minimum Gasteiger partial charge on any atom is -0.392 e. The number of piperidine rings is 1. The van der Waals surface area contributed by atoms with Crippen molar-refractivity contribution in [1.29, 1.82) is 0 Å². The molecule has 1 heterocycles. The first kappa shape index (κ1) is 13.6. The van der Waals surface area contributed by atoms with Crippen molar-refractivity contribution in [3.05, 3.63) is 34.4 Å². The summed E-state index contributed by atoms with van der Waals surface area (Å²) in [6.45, 7) is 11.6. The summed E-state index contributed by atoms with van der Waals surface area (Å²) < 4.78 is 0. The molecule has 1 fully saturated rings. The number of hydrogen-bond acceptors (Lipinski definition) is 2. The predicted octanol–water partition coefficient (Wildman–Crippen LogP) is 2.81. The van der Waals surface area contributed by atoms with Crippen LogP contribution in [0.25, 0.3) is 0 Å². The highest BCUT2D eigenvalue weighted by Gasteiger charge is 2.24. The van der Waals surface area contributed by atoms with Gasteiger partial charge in [-0.1, -0.05) is 24.6 Å². The van der Waals surface area contributed by atoms with Crippen LogP contribution >= 0.6 is 0 Å². The van der Waals surface area contributed by atoms with Crippen LogP contribution in [0.2, 0.25) is 0 Å². The van der Waals surface area contributed by atoms with Crippen molar-refractivity contribution in [2.24, 2.45) is 5.92 Å². The number of aryl methyl sites for hydroxylation is 3. The molecule has 2 unspecified atom stereocenters. The van der Waals surface area contributed by atoms with E-state index < -0.39 is 0 Å². The van der Waals surface area contributed by atoms with Gasteiger partial charge in [0.1, 0.15) is 0 Å². The molecule has 0 aromatic heterocycles. The smallest absolute Gasteiger partial charge is 0.0693 e. The summed E-state index contributed by atoms with van der Waals surface area (Å²) in [7, 11) is 0. The molecular weight excluding hydrogens is 222 g/mol. The molecule has 0 saturated carbocycles. The Labute approximate surface area is 111 Å². The first-order chi connectivity index (χ1) is 8.47. The fourth-order valence-corrected chi connectivity index (χ4v) is 2.94. The van der Waals surface area contributed by atoms with Crippen molar-refractivity contribution in [2.45, 2.75) is 46.8 Å². The van der Waals surface area contributed by atoms with Crippen molar-refractivity contribution < 1.29 is 5.11 Å². The molecule has 1 aliphatic rings. The summed E-state index contributed by atoms with van der Waals surface area (Å²) in [6.07, 6.45) is 0.940. The zero-order chi connectivity index (χ0) is 13.3. The number of rotatable bonds is 2. The van der Waals surface area contributed by atoms with Gasteiger partial charge >= 0.3 is 0 Å². The molecule has 0 radical (unpaired) electrons. The third-order valence-corrected chi connectivity index (χ3v) is 4.22. The van der Waals surface area contributed by atoms with E-state index >= 15 is 0 Å². The lowest BCUT2D eigenvalue weighted by atomic mass is 9.94. The van der Waals surface area contributed by atoms with Crippen LogP contribution in [-0.2, 0) is 6.54 Å². The van der Waals surface area contributed by atoms with Crippen LogP contribution < -0.4 is 0 Å². The highest BCUT2D eigenvalue weighted by Crippen LogP contribution is 2.22. The Balaban J connectivity index is 2.10. The average molecular weight is 247 g/mol. The third kappa shape index (κ3) is 2.93. The van der Waals surface area contributed by atoms with E-state index in [1.54, 1.807) is 0 Å². The molecule has 1 aromatic rings. The molecule has 0 bridgehead atoms. The molecule has 0 spiro atoms. The van der Waals surface area contributed by atoms with Crippen molar-refractivity contribution >= 4 is 0 Å². The summed E-state index contributed by atoms with van der Waals surface area (Å²) in [4.78, 5) is 2.38. The van der Waals surface area contributed by atoms with Crippen LogP contribution in [0.3, 0.4) is 0 Å². The maximum Gasteiger partial charge on any atom is 0.0693 e. The van der Waals surface area contributed by atoms with Crippen LogP contribution in [0.5, 0.6) is 0 Å². The van der Waals surface area contributed by atoms with Gasteiger partial charge in [-0.15, -0.1) is 0 Å². The maximum absolute atomic E-state index is 9.97. The van der Waals surface area contributed by atoms with Gasteiger partial charge in [0.15, 0.2) is 0 Å². The van der Waals surface area contributed by atoms with Crippen molar-refractivity contribution in [3.8, 4) is 0 Å². The van der Waals surface area contributed by atoms with E-state index in [1.165, 1.54) is 22.3 Å². The second-order valence-corrected chi connectivity index (χ2v) is 5.95. The Morgan fingerprint density at radius 1 is 1.22 bits per heavy atom. The van der Waals surface area contributed by atoms with E-state index in [-0.39, 0.29) is 6.10 Å². The molecule has 100 valence electrons. The number of likely N-dealkylation sites (tertiary alicyclic amines) is 1. The maximum atomic E-state index is 9.97. The van der Waals surface area contributed by atoms with Gasteiger partial charge in [-0.3, -0.25) is 4.90 Å². The first-order valence-electron chi connectivity index (χ1n) is 6.94. The summed E-state index contributed by atoms with van der Waals surface area (Å²) >= 11 is 0. The first-order valence-corrected chi connectivity index (χ1v) is 6.94. The highest BCUT2D eigenvalue weighted by molar-refractivity contribution is 5.37. The predicted molar refractivity (Wildman–Crippen MR) is 75.7 cm³/mol. The molecule has 1 aliphatic heterocycles. The van der Waals surface area contributed by atoms with Crippen LogP contribution in [0.1, 0.15) is 35.6 Å². The zero-order valence-corrected chi connectivity index (χ0v) is 12.0. The Kier molecular flexibility index (Phi) is 4.08. The van der Waals surface area contributed by atoms with Gasteiger partial charge in [0.2, 0.25) is 0 Å². The number of nitrogens with zero attached hydrogens (tertiary/aromatic N) is 1. The van der Waals surface area contributed by atoms with Crippen LogP contribution in [0.4, 0.5) is 0 Å². The third-order valence-electron chi connectivity index (χ3n) is 4.22. The quantitative estimate of drug-likeness (QED) is 0.868. The molecule has 0 amide bonds. The van der Waals surface area contributed by atoms with Crippen molar-refractivity contribution in [2.75, 3.05) is 13.1 Å². The van der Waals surface area contributed by atoms with Gasteiger partial charge in [-0.2, -0.15) is 0 Å². The van der Waals surface area contributed by atoms with Gasteiger partial charge in [0.25, 0.3) is 0 Å². The number of hydrogen-bond donors (Lipinski definition) is 1. The largest absolute Gasteiger partial charge is 0.392 e. The molecule has 0 aliphatic carbocycles. The minimum absolute atomic E-state index is 0.162. The summed E-state index contributed by atoms with van der Waals surface area (Å²) in [5.41, 5.74) is 5.52. The fourth-order valence-electron chi connectivity index (χ4n) is 2.94. The number of aliphatic hydroxyl groups is 1. The average Bonchev–Trinajstić information content (AvgIpc) is 2.28. The monoisotopic (exact) mass is 247 g/mol. The fraction of sp³-hybridized carbons (Fsp3) is 0.625. The van der Waals surface area contributed by atoms with Gasteiger partial charge in [-0.25, -0.2) is 0 Å². The van der Waals surface area contributed by atoms with Gasteiger partial charge in [0, 0.05) is 13.1 Å². The standard InChI is InChI=1S/C16H25NO/c1-11-7-13(3)15(14(4)8-11)9-17-6-5-12(2)16(18)10-17/h7-8,12,16,18H,5-6,9-10H2,1-4H3. The molecule has 18 heavy (non-hydrogen) atoms. The normalized spacial score (nSPS) is 25.4. The highest BCUT2D eigenvalue weighted by atomic mass is 16.3. The van der Waals surface area contributed by atoms with Crippen molar-refractivity contribution in [3.63, 3.8) is 0 Å². The van der Waals surface area contributed by atoms with Crippen molar-refractivity contribution in [1.82, 2.24) is 4.90 Å². The summed E-state index contributed by atoms with van der Waals surface area (Å²) in [5, 5.41) is 9.97. The van der Waals surface area contributed by atoms with Crippen LogP contribution in [0.15, 0.2) is 12.1 Å². The molecule has 2 nitrogen and oxygen atoms in total. The van der Waals surface area contributed by atoms with E-state index in [4.69, 9.17) is 0 Å². The summed E-state index contributed by atoms with van der Waals surface area (Å²) in [5.74, 6) is 0.446. The molecule has 1 saturated heterocycles. The van der Waals surface area contributed by atoms with Gasteiger partial charge in [-0.05, 0) is 56.3 Å². The van der Waals surface area contributed by atoms with E-state index in [1.807, 2.05) is 0 Å².